The fourth-order valence-corrected chi connectivity index (χ4v) is 2.58. The van der Waals surface area contributed by atoms with Gasteiger partial charge in [0.1, 0.15) is 18.3 Å². The number of hydrogen-bond donors (Lipinski definition) is 1. The SMILES string of the molecule is CC1OC(C)(C)OC1C1OC(C)(C)OC1CO. The Morgan fingerprint density at radius 3 is 1.88 bits per heavy atom. The van der Waals surface area contributed by atoms with Crippen LogP contribution < -0.4 is 0 Å². The maximum absolute atomic E-state index is 9.34. The number of aliphatic hydroxyl groups is 1. The Hall–Kier alpha value is -0.200. The molecule has 4 atom stereocenters. The van der Waals surface area contributed by atoms with E-state index < -0.39 is 11.6 Å². The third kappa shape index (κ3) is 2.63. The molecule has 2 heterocycles. The van der Waals surface area contributed by atoms with Gasteiger partial charge >= 0.3 is 0 Å². The molecule has 0 aliphatic carbocycles. The second kappa shape index (κ2) is 4.17. The van der Waals surface area contributed by atoms with E-state index in [-0.39, 0.29) is 31.0 Å². The molecule has 0 bridgehead atoms. The molecule has 0 saturated carbocycles. The molecule has 0 amide bonds. The van der Waals surface area contributed by atoms with Crippen LogP contribution in [0.3, 0.4) is 0 Å². The highest BCUT2D eigenvalue weighted by Crippen LogP contribution is 2.37. The Bertz CT molecular complexity index is 289. The highest BCUT2D eigenvalue weighted by molar-refractivity contribution is 4.93. The summed E-state index contributed by atoms with van der Waals surface area (Å²) in [5, 5.41) is 9.34. The lowest BCUT2D eigenvalue weighted by Gasteiger charge is -2.24. The summed E-state index contributed by atoms with van der Waals surface area (Å²) >= 11 is 0. The van der Waals surface area contributed by atoms with Crippen molar-refractivity contribution in [3.63, 3.8) is 0 Å². The van der Waals surface area contributed by atoms with Gasteiger partial charge in [0.15, 0.2) is 11.6 Å². The van der Waals surface area contributed by atoms with Crippen LogP contribution in [0.4, 0.5) is 0 Å². The van der Waals surface area contributed by atoms with Gasteiger partial charge < -0.3 is 24.1 Å². The van der Waals surface area contributed by atoms with Crippen molar-refractivity contribution in [2.24, 2.45) is 0 Å². The van der Waals surface area contributed by atoms with Crippen LogP contribution in [0.2, 0.25) is 0 Å². The van der Waals surface area contributed by atoms with Gasteiger partial charge in [-0.2, -0.15) is 0 Å². The molecule has 0 aromatic heterocycles. The van der Waals surface area contributed by atoms with Gasteiger partial charge in [0.25, 0.3) is 0 Å². The Balaban J connectivity index is 2.12. The number of hydrogen-bond acceptors (Lipinski definition) is 5. The smallest absolute Gasteiger partial charge is 0.164 e. The fraction of sp³-hybridized carbons (Fsp3) is 1.00. The molecule has 0 aromatic carbocycles. The van der Waals surface area contributed by atoms with Crippen LogP contribution in [0, 0.1) is 0 Å². The zero-order chi connectivity index (χ0) is 12.8. The largest absolute Gasteiger partial charge is 0.394 e. The minimum Gasteiger partial charge on any atom is -0.394 e. The number of aliphatic hydroxyl groups excluding tert-OH is 1. The van der Waals surface area contributed by atoms with Crippen LogP contribution in [0.5, 0.6) is 0 Å². The van der Waals surface area contributed by atoms with E-state index in [0.717, 1.165) is 0 Å². The molecular weight excluding hydrogens is 224 g/mol. The van der Waals surface area contributed by atoms with Crippen LogP contribution in [-0.2, 0) is 18.9 Å². The lowest BCUT2D eigenvalue weighted by molar-refractivity contribution is -0.175. The van der Waals surface area contributed by atoms with Gasteiger partial charge in [0.2, 0.25) is 0 Å². The maximum atomic E-state index is 9.34. The molecule has 2 rings (SSSR count). The van der Waals surface area contributed by atoms with Gasteiger partial charge in [-0.1, -0.05) is 0 Å². The molecule has 4 unspecified atom stereocenters. The molecule has 2 aliphatic rings. The molecular formula is C12H22O5. The van der Waals surface area contributed by atoms with Crippen molar-refractivity contribution >= 4 is 0 Å². The Morgan fingerprint density at radius 2 is 1.41 bits per heavy atom. The van der Waals surface area contributed by atoms with E-state index in [4.69, 9.17) is 18.9 Å². The van der Waals surface area contributed by atoms with Crippen molar-refractivity contribution in [3.8, 4) is 0 Å². The van der Waals surface area contributed by atoms with Crippen molar-refractivity contribution in [1.82, 2.24) is 0 Å². The minimum absolute atomic E-state index is 0.0819. The topological polar surface area (TPSA) is 57.2 Å². The Morgan fingerprint density at radius 1 is 0.882 bits per heavy atom. The first-order valence-electron chi connectivity index (χ1n) is 6.06. The van der Waals surface area contributed by atoms with Gasteiger partial charge in [-0.25, -0.2) is 0 Å². The molecule has 5 nitrogen and oxygen atoms in total. The van der Waals surface area contributed by atoms with Crippen LogP contribution in [0.25, 0.3) is 0 Å². The van der Waals surface area contributed by atoms with Gasteiger partial charge in [0, 0.05) is 0 Å². The quantitative estimate of drug-likeness (QED) is 0.789. The summed E-state index contributed by atoms with van der Waals surface area (Å²) in [5.41, 5.74) is 0. The molecule has 2 fully saturated rings. The van der Waals surface area contributed by atoms with Crippen LogP contribution in [-0.4, -0.2) is 47.7 Å². The van der Waals surface area contributed by atoms with E-state index in [1.54, 1.807) is 0 Å². The monoisotopic (exact) mass is 246 g/mol. The highest BCUT2D eigenvalue weighted by atomic mass is 16.8. The summed E-state index contributed by atoms with van der Waals surface area (Å²) in [6.45, 7) is 9.28. The van der Waals surface area contributed by atoms with E-state index in [0.29, 0.717) is 0 Å². The molecule has 0 radical (unpaired) electrons. The van der Waals surface area contributed by atoms with E-state index >= 15 is 0 Å². The summed E-state index contributed by atoms with van der Waals surface area (Å²) in [6.07, 6.45) is -0.966. The molecule has 100 valence electrons. The van der Waals surface area contributed by atoms with Gasteiger partial charge in [-0.15, -0.1) is 0 Å². The van der Waals surface area contributed by atoms with Crippen molar-refractivity contribution in [1.29, 1.82) is 0 Å². The van der Waals surface area contributed by atoms with E-state index in [1.165, 1.54) is 0 Å². The first-order valence-corrected chi connectivity index (χ1v) is 6.06. The zero-order valence-corrected chi connectivity index (χ0v) is 11.1. The Kier molecular flexibility index (Phi) is 3.25. The molecule has 0 spiro atoms. The molecule has 17 heavy (non-hydrogen) atoms. The lowest BCUT2D eigenvalue weighted by Crippen LogP contribution is -2.42. The summed E-state index contributed by atoms with van der Waals surface area (Å²) in [4.78, 5) is 0. The van der Waals surface area contributed by atoms with E-state index in [1.807, 2.05) is 34.6 Å². The van der Waals surface area contributed by atoms with Crippen LogP contribution in [0.15, 0.2) is 0 Å². The lowest BCUT2D eigenvalue weighted by atomic mass is 10.0. The summed E-state index contributed by atoms with van der Waals surface area (Å²) < 4.78 is 23.0. The van der Waals surface area contributed by atoms with Crippen molar-refractivity contribution in [3.05, 3.63) is 0 Å². The molecule has 1 N–H and O–H groups in total. The van der Waals surface area contributed by atoms with Gasteiger partial charge in [-0.3, -0.25) is 0 Å². The first kappa shape index (κ1) is 13.2. The van der Waals surface area contributed by atoms with Gasteiger partial charge in [-0.05, 0) is 34.6 Å². The first-order chi connectivity index (χ1) is 7.74. The summed E-state index contributed by atoms with van der Waals surface area (Å²) in [7, 11) is 0. The van der Waals surface area contributed by atoms with E-state index in [9.17, 15) is 5.11 Å². The second-order valence-electron chi connectivity index (χ2n) is 5.63. The predicted octanol–water partition coefficient (Wildman–Crippen LogP) is 1.04. The number of rotatable bonds is 2. The standard InChI is InChI=1S/C12H22O5/c1-7-9(16-11(2,3)14-7)10-8(6-13)15-12(4,5)17-10/h7-10,13H,6H2,1-5H3. The average Bonchev–Trinajstić information content (AvgIpc) is 2.62. The molecule has 2 saturated heterocycles. The average molecular weight is 246 g/mol. The highest BCUT2D eigenvalue weighted by Gasteiger charge is 2.52. The summed E-state index contributed by atoms with van der Waals surface area (Å²) in [6, 6.07) is 0. The second-order valence-corrected chi connectivity index (χ2v) is 5.63. The minimum atomic E-state index is -0.687. The van der Waals surface area contributed by atoms with Crippen molar-refractivity contribution < 1.29 is 24.1 Å². The molecule has 0 aromatic rings. The Labute approximate surface area is 102 Å². The van der Waals surface area contributed by atoms with Crippen LogP contribution in [0.1, 0.15) is 34.6 Å². The summed E-state index contributed by atoms with van der Waals surface area (Å²) in [5.74, 6) is -1.30. The van der Waals surface area contributed by atoms with Crippen molar-refractivity contribution in [2.75, 3.05) is 6.61 Å². The third-order valence-electron chi connectivity index (χ3n) is 3.08. The predicted molar refractivity (Wildman–Crippen MR) is 60.4 cm³/mol. The fourth-order valence-electron chi connectivity index (χ4n) is 2.58. The molecule has 5 heteroatoms. The van der Waals surface area contributed by atoms with Crippen LogP contribution >= 0.6 is 0 Å². The molecule has 2 aliphatic heterocycles. The maximum Gasteiger partial charge on any atom is 0.164 e. The van der Waals surface area contributed by atoms with Crippen molar-refractivity contribution in [2.45, 2.75) is 70.6 Å². The zero-order valence-electron chi connectivity index (χ0n) is 11.1. The normalized spacial score (nSPS) is 44.1. The van der Waals surface area contributed by atoms with Gasteiger partial charge in [0.05, 0.1) is 12.7 Å². The number of ether oxygens (including phenoxy) is 4. The third-order valence-corrected chi connectivity index (χ3v) is 3.08. The van der Waals surface area contributed by atoms with E-state index in [2.05, 4.69) is 0 Å².